The van der Waals surface area contributed by atoms with Crippen molar-refractivity contribution in [1.82, 2.24) is 19.7 Å². The van der Waals surface area contributed by atoms with E-state index in [-0.39, 0.29) is 18.0 Å². The minimum absolute atomic E-state index is 0.00131. The first-order valence-corrected chi connectivity index (χ1v) is 8.96. The highest BCUT2D eigenvalue weighted by molar-refractivity contribution is 7.18. The molecule has 6 nitrogen and oxygen atoms in total. The highest BCUT2D eigenvalue weighted by Crippen LogP contribution is 2.22. The Morgan fingerprint density at radius 1 is 1.43 bits per heavy atom. The molecule has 7 heteroatoms. The number of hydrogen-bond acceptors (Lipinski definition) is 5. The number of aryl methyl sites for hydroxylation is 2. The minimum atomic E-state index is -0.264. The van der Waals surface area contributed by atoms with Crippen LogP contribution in [0.3, 0.4) is 0 Å². The maximum Gasteiger partial charge on any atom is 0.294 e. The fraction of sp³-hybridized carbons (Fsp3) is 0.625. The summed E-state index contributed by atoms with van der Waals surface area (Å²) in [5.74, 6) is 0.489. The second-order valence-corrected chi connectivity index (χ2v) is 7.36. The van der Waals surface area contributed by atoms with Gasteiger partial charge in [0, 0.05) is 13.1 Å². The minimum Gasteiger partial charge on any atom is -0.341 e. The van der Waals surface area contributed by atoms with Gasteiger partial charge in [-0.25, -0.2) is 9.67 Å². The lowest BCUT2D eigenvalue weighted by molar-refractivity contribution is -0.133. The van der Waals surface area contributed by atoms with Gasteiger partial charge in [-0.1, -0.05) is 13.8 Å². The fourth-order valence-electron chi connectivity index (χ4n) is 3.05. The maximum absolute atomic E-state index is 12.6. The van der Waals surface area contributed by atoms with Crippen LogP contribution < -0.4 is 5.56 Å². The number of carbonyl (C=O) groups is 1. The Kier molecular flexibility index (Phi) is 4.48. The van der Waals surface area contributed by atoms with Crippen LogP contribution in [0.2, 0.25) is 0 Å². The van der Waals surface area contributed by atoms with E-state index >= 15 is 0 Å². The smallest absolute Gasteiger partial charge is 0.294 e. The number of rotatable bonds is 3. The third-order valence-corrected chi connectivity index (χ3v) is 5.61. The molecular formula is C16H22N4O2S. The molecule has 0 aromatic carbocycles. The van der Waals surface area contributed by atoms with E-state index in [1.54, 1.807) is 0 Å². The van der Waals surface area contributed by atoms with Gasteiger partial charge < -0.3 is 4.90 Å². The summed E-state index contributed by atoms with van der Waals surface area (Å²) in [5.41, 5.74) is 0.940. The monoisotopic (exact) mass is 334 g/mol. The summed E-state index contributed by atoms with van der Waals surface area (Å²) in [6.45, 7) is 7.58. The average Bonchev–Trinajstić information content (AvgIpc) is 2.97. The van der Waals surface area contributed by atoms with Gasteiger partial charge in [-0.15, -0.1) is 11.3 Å². The number of nitrogens with zero attached hydrogens (tertiary/aromatic N) is 4. The molecule has 23 heavy (non-hydrogen) atoms. The second kappa shape index (κ2) is 6.39. The van der Waals surface area contributed by atoms with E-state index in [0.29, 0.717) is 11.4 Å². The summed E-state index contributed by atoms with van der Waals surface area (Å²) in [5, 5.41) is 5.26. The maximum atomic E-state index is 12.6. The molecule has 2 aromatic heterocycles. The Balaban J connectivity index is 1.89. The largest absolute Gasteiger partial charge is 0.341 e. The molecular weight excluding hydrogens is 312 g/mol. The number of thiazole rings is 1. The van der Waals surface area contributed by atoms with Crippen molar-refractivity contribution in [2.24, 2.45) is 5.92 Å². The molecule has 3 heterocycles. The topological polar surface area (TPSA) is 68.1 Å². The quantitative estimate of drug-likeness (QED) is 0.861. The number of hydrogen-bond donors (Lipinski definition) is 0. The van der Waals surface area contributed by atoms with E-state index in [2.05, 4.69) is 17.0 Å². The predicted octanol–water partition coefficient (Wildman–Crippen LogP) is 1.98. The van der Waals surface area contributed by atoms with Crippen molar-refractivity contribution >= 4 is 27.5 Å². The summed E-state index contributed by atoms with van der Waals surface area (Å²) in [6, 6.07) is 0. The Morgan fingerprint density at radius 3 is 2.91 bits per heavy atom. The molecule has 0 bridgehead atoms. The first-order chi connectivity index (χ1) is 11.0. The van der Waals surface area contributed by atoms with Crippen molar-refractivity contribution in [2.75, 3.05) is 13.1 Å². The fourth-order valence-corrected chi connectivity index (χ4v) is 3.99. The summed E-state index contributed by atoms with van der Waals surface area (Å²) < 4.78 is 2.11. The number of likely N-dealkylation sites (tertiary alicyclic amines) is 1. The van der Waals surface area contributed by atoms with Gasteiger partial charge in [-0.05, 0) is 32.1 Å². The van der Waals surface area contributed by atoms with E-state index in [4.69, 9.17) is 0 Å². The van der Waals surface area contributed by atoms with Gasteiger partial charge in [0.25, 0.3) is 5.56 Å². The number of amides is 1. The Labute approximate surface area is 139 Å². The molecule has 1 amide bonds. The van der Waals surface area contributed by atoms with Crippen molar-refractivity contribution < 1.29 is 4.79 Å². The van der Waals surface area contributed by atoms with Crippen LogP contribution in [0.15, 0.2) is 4.79 Å². The zero-order valence-electron chi connectivity index (χ0n) is 13.8. The summed E-state index contributed by atoms with van der Waals surface area (Å²) in [6.07, 6.45) is 2.98. The van der Waals surface area contributed by atoms with E-state index in [0.717, 1.165) is 47.8 Å². The Morgan fingerprint density at radius 2 is 2.22 bits per heavy atom. The molecule has 1 aliphatic rings. The molecule has 1 unspecified atom stereocenters. The van der Waals surface area contributed by atoms with Crippen LogP contribution in [0.25, 0.3) is 10.2 Å². The lowest BCUT2D eigenvalue weighted by Gasteiger charge is -2.30. The second-order valence-electron chi connectivity index (χ2n) is 6.27. The molecule has 3 rings (SSSR count). The van der Waals surface area contributed by atoms with Crippen molar-refractivity contribution in [3.63, 3.8) is 0 Å². The molecule has 1 atom stereocenters. The third-order valence-electron chi connectivity index (χ3n) is 4.30. The molecule has 0 radical (unpaired) electrons. The molecule has 1 aliphatic heterocycles. The van der Waals surface area contributed by atoms with Gasteiger partial charge in [0.2, 0.25) is 5.91 Å². The summed E-state index contributed by atoms with van der Waals surface area (Å²) in [7, 11) is 0. The molecule has 0 saturated carbocycles. The third kappa shape index (κ3) is 3.15. The van der Waals surface area contributed by atoms with Crippen LogP contribution in [-0.4, -0.2) is 38.7 Å². The molecule has 0 spiro atoms. The van der Waals surface area contributed by atoms with Crippen molar-refractivity contribution in [3.8, 4) is 0 Å². The number of fused-ring (bicyclic) bond motifs is 1. The summed E-state index contributed by atoms with van der Waals surface area (Å²) in [4.78, 5) is 31.3. The van der Waals surface area contributed by atoms with Crippen molar-refractivity contribution in [3.05, 3.63) is 21.1 Å². The van der Waals surface area contributed by atoms with Crippen LogP contribution >= 0.6 is 11.3 Å². The van der Waals surface area contributed by atoms with E-state index in [9.17, 15) is 9.59 Å². The van der Waals surface area contributed by atoms with Crippen molar-refractivity contribution in [2.45, 2.75) is 46.6 Å². The van der Waals surface area contributed by atoms with E-state index in [1.165, 1.54) is 16.0 Å². The van der Waals surface area contributed by atoms with Gasteiger partial charge in [-0.3, -0.25) is 9.59 Å². The normalized spacial score (nSPS) is 18.6. The van der Waals surface area contributed by atoms with Crippen LogP contribution in [-0.2, 0) is 17.8 Å². The molecule has 1 saturated heterocycles. The number of aromatic nitrogens is 3. The van der Waals surface area contributed by atoms with Gasteiger partial charge in [0.15, 0.2) is 5.52 Å². The predicted molar refractivity (Wildman–Crippen MR) is 90.8 cm³/mol. The molecule has 124 valence electrons. The van der Waals surface area contributed by atoms with E-state index < -0.39 is 0 Å². The first-order valence-electron chi connectivity index (χ1n) is 8.14. The zero-order chi connectivity index (χ0) is 16.6. The van der Waals surface area contributed by atoms with Gasteiger partial charge in [0.1, 0.15) is 6.54 Å². The van der Waals surface area contributed by atoms with Crippen LogP contribution in [0.5, 0.6) is 0 Å². The molecule has 0 aliphatic carbocycles. The highest BCUT2D eigenvalue weighted by atomic mass is 32.1. The van der Waals surface area contributed by atoms with Crippen LogP contribution in [0, 0.1) is 12.8 Å². The van der Waals surface area contributed by atoms with Gasteiger partial charge in [0.05, 0.1) is 15.4 Å². The standard InChI is InChI=1S/C16H22N4O2S/c1-4-12-17-14-15(23-12)11(3)18-20(16(14)22)9-13(21)19-7-5-6-10(2)8-19/h10H,4-9H2,1-3H3. The highest BCUT2D eigenvalue weighted by Gasteiger charge is 2.22. The van der Waals surface area contributed by atoms with Crippen molar-refractivity contribution in [1.29, 1.82) is 0 Å². The lowest BCUT2D eigenvalue weighted by atomic mass is 10.0. The lowest BCUT2D eigenvalue weighted by Crippen LogP contribution is -2.42. The number of carbonyl (C=O) groups excluding carboxylic acids is 1. The SMILES string of the molecule is CCc1nc2c(=O)n(CC(=O)N3CCCC(C)C3)nc(C)c2s1. The summed E-state index contributed by atoms with van der Waals surface area (Å²) >= 11 is 1.51. The first kappa shape index (κ1) is 16.1. The molecule has 2 aromatic rings. The van der Waals surface area contributed by atoms with Crippen LogP contribution in [0.4, 0.5) is 0 Å². The molecule has 1 fully saturated rings. The number of piperidine rings is 1. The zero-order valence-corrected chi connectivity index (χ0v) is 14.7. The van der Waals surface area contributed by atoms with Crippen LogP contribution in [0.1, 0.15) is 37.4 Å². The average molecular weight is 334 g/mol. The van der Waals surface area contributed by atoms with Gasteiger partial charge in [-0.2, -0.15) is 5.10 Å². The van der Waals surface area contributed by atoms with E-state index in [1.807, 2.05) is 18.7 Å². The Hall–Kier alpha value is -1.76. The van der Waals surface area contributed by atoms with Gasteiger partial charge >= 0.3 is 0 Å². The molecule has 0 N–H and O–H groups in total. The Bertz CT molecular complexity index is 795.